The molecule has 2 N–H and O–H groups in total. The van der Waals surface area contributed by atoms with Crippen molar-refractivity contribution in [3.8, 4) is 0 Å². The minimum atomic E-state index is -0.545. The van der Waals surface area contributed by atoms with E-state index in [-0.39, 0.29) is 11.6 Å². The fraction of sp³-hybridized carbons (Fsp3) is 0.250. The molecule has 0 aromatic heterocycles. The van der Waals surface area contributed by atoms with Gasteiger partial charge in [-0.3, -0.25) is 0 Å². The molecule has 0 spiro atoms. The van der Waals surface area contributed by atoms with Gasteiger partial charge in [0.05, 0.1) is 0 Å². The molecular weight excluding hydrogens is 324 g/mol. The third kappa shape index (κ3) is 2.50. The second-order valence-electron chi connectivity index (χ2n) is 5.41. The van der Waals surface area contributed by atoms with Crippen LogP contribution in [0.2, 0.25) is 0 Å². The largest absolute Gasteiger partial charge is 0.321 e. The average molecular weight is 338 g/mol. The molecule has 104 valence electrons. The van der Waals surface area contributed by atoms with Crippen molar-refractivity contribution in [1.82, 2.24) is 0 Å². The Hall–Kier alpha value is -1.26. The summed E-state index contributed by atoms with van der Waals surface area (Å²) in [6.07, 6.45) is 2.06. The Kier molecular flexibility index (Phi) is 3.38. The van der Waals surface area contributed by atoms with Crippen LogP contribution in [0.15, 0.2) is 40.9 Å². The number of hydrogen-bond donors (Lipinski definition) is 1. The molecule has 20 heavy (non-hydrogen) atoms. The third-order valence-corrected chi connectivity index (χ3v) is 4.34. The summed E-state index contributed by atoms with van der Waals surface area (Å²) in [5.41, 5.74) is 8.72. The van der Waals surface area contributed by atoms with Crippen molar-refractivity contribution < 1.29 is 8.78 Å². The van der Waals surface area contributed by atoms with Gasteiger partial charge >= 0.3 is 0 Å². The van der Waals surface area contributed by atoms with Crippen LogP contribution in [0.5, 0.6) is 0 Å². The molecule has 0 fully saturated rings. The Labute approximate surface area is 124 Å². The van der Waals surface area contributed by atoms with Gasteiger partial charge in [-0.1, -0.05) is 22.0 Å². The van der Waals surface area contributed by atoms with Gasteiger partial charge in [0.25, 0.3) is 0 Å². The van der Waals surface area contributed by atoms with Crippen LogP contribution in [0, 0.1) is 11.6 Å². The maximum absolute atomic E-state index is 13.5. The quantitative estimate of drug-likeness (QED) is 0.878. The molecule has 2 aromatic rings. The van der Waals surface area contributed by atoms with E-state index >= 15 is 0 Å². The molecule has 0 bridgehead atoms. The molecule has 0 saturated heterocycles. The lowest BCUT2D eigenvalue weighted by Gasteiger charge is -2.26. The van der Waals surface area contributed by atoms with E-state index in [0.717, 1.165) is 29.5 Å². The topological polar surface area (TPSA) is 26.0 Å². The van der Waals surface area contributed by atoms with Crippen LogP contribution < -0.4 is 5.73 Å². The summed E-state index contributed by atoms with van der Waals surface area (Å²) in [6.45, 7) is 0. The molecule has 4 heteroatoms. The van der Waals surface area contributed by atoms with E-state index in [2.05, 4.69) is 15.9 Å². The van der Waals surface area contributed by atoms with Crippen LogP contribution in [-0.4, -0.2) is 0 Å². The van der Waals surface area contributed by atoms with E-state index in [1.165, 1.54) is 18.2 Å². The lowest BCUT2D eigenvalue weighted by Crippen LogP contribution is -2.36. The highest BCUT2D eigenvalue weighted by atomic mass is 79.9. The molecule has 0 heterocycles. The predicted molar refractivity (Wildman–Crippen MR) is 78.4 cm³/mol. The van der Waals surface area contributed by atoms with Crippen molar-refractivity contribution in [3.05, 3.63) is 69.2 Å². The Bertz CT molecular complexity index is 651. The van der Waals surface area contributed by atoms with Gasteiger partial charge < -0.3 is 5.73 Å². The van der Waals surface area contributed by atoms with Gasteiger partial charge in [-0.15, -0.1) is 0 Å². The maximum Gasteiger partial charge on any atom is 0.124 e. The van der Waals surface area contributed by atoms with E-state index < -0.39 is 5.54 Å². The highest BCUT2D eigenvalue weighted by molar-refractivity contribution is 9.10. The van der Waals surface area contributed by atoms with E-state index in [9.17, 15) is 8.78 Å². The number of aryl methyl sites for hydroxylation is 1. The normalized spacial score (nSPS) is 21.0. The van der Waals surface area contributed by atoms with Crippen LogP contribution in [0.1, 0.15) is 23.1 Å². The van der Waals surface area contributed by atoms with E-state index in [1.54, 1.807) is 12.1 Å². The van der Waals surface area contributed by atoms with Gasteiger partial charge in [-0.2, -0.15) is 0 Å². The van der Waals surface area contributed by atoms with Gasteiger partial charge in [0.15, 0.2) is 0 Å². The van der Waals surface area contributed by atoms with Crippen molar-refractivity contribution in [2.75, 3.05) is 0 Å². The summed E-state index contributed by atoms with van der Waals surface area (Å²) in [6, 6.07) is 9.54. The number of rotatable bonds is 2. The Morgan fingerprint density at radius 2 is 1.90 bits per heavy atom. The second-order valence-corrected chi connectivity index (χ2v) is 6.33. The summed E-state index contributed by atoms with van der Waals surface area (Å²) in [4.78, 5) is 0. The van der Waals surface area contributed by atoms with Crippen molar-refractivity contribution in [2.45, 2.75) is 24.8 Å². The Morgan fingerprint density at radius 3 is 2.65 bits per heavy atom. The second kappa shape index (κ2) is 4.93. The van der Waals surface area contributed by atoms with Crippen LogP contribution >= 0.6 is 15.9 Å². The van der Waals surface area contributed by atoms with Crippen molar-refractivity contribution in [3.63, 3.8) is 0 Å². The van der Waals surface area contributed by atoms with Gasteiger partial charge in [-0.05, 0) is 66.3 Å². The number of halogens is 3. The standard InChI is InChI=1S/C16H14BrF2N/c17-12-5-10(6-14(19)8-12)9-16(20)4-3-11-7-13(18)1-2-15(11)16/h1-2,5-8H,3-4,9,20H2. The SMILES string of the molecule is NC1(Cc2cc(F)cc(Br)c2)CCc2cc(F)ccc21. The van der Waals surface area contributed by atoms with E-state index in [0.29, 0.717) is 10.9 Å². The van der Waals surface area contributed by atoms with Crippen molar-refractivity contribution in [2.24, 2.45) is 5.73 Å². The molecule has 3 rings (SSSR count). The molecule has 1 aliphatic rings. The molecule has 0 amide bonds. The zero-order chi connectivity index (χ0) is 14.3. The average Bonchev–Trinajstić information content (AvgIpc) is 2.65. The highest BCUT2D eigenvalue weighted by Gasteiger charge is 2.35. The molecule has 1 aliphatic carbocycles. The first-order valence-corrected chi connectivity index (χ1v) is 7.28. The number of hydrogen-bond acceptors (Lipinski definition) is 1. The van der Waals surface area contributed by atoms with E-state index in [4.69, 9.17) is 5.73 Å². The summed E-state index contributed by atoms with van der Waals surface area (Å²) in [5, 5.41) is 0. The monoisotopic (exact) mass is 337 g/mol. The molecule has 0 aliphatic heterocycles. The molecular formula is C16H14BrF2N. The zero-order valence-corrected chi connectivity index (χ0v) is 12.4. The first kappa shape index (κ1) is 13.7. The molecule has 0 saturated carbocycles. The molecule has 1 nitrogen and oxygen atoms in total. The Balaban J connectivity index is 1.95. The predicted octanol–water partition coefficient (Wildman–Crippen LogP) is 4.07. The van der Waals surface area contributed by atoms with Gasteiger partial charge in [0.2, 0.25) is 0 Å². The molecule has 1 atom stereocenters. The third-order valence-electron chi connectivity index (χ3n) is 3.89. The first-order valence-electron chi connectivity index (χ1n) is 6.49. The van der Waals surface area contributed by atoms with Crippen LogP contribution in [0.4, 0.5) is 8.78 Å². The number of nitrogens with two attached hydrogens (primary N) is 1. The number of benzene rings is 2. The Morgan fingerprint density at radius 1 is 1.10 bits per heavy atom. The smallest absolute Gasteiger partial charge is 0.124 e. The van der Waals surface area contributed by atoms with Crippen molar-refractivity contribution in [1.29, 1.82) is 0 Å². The van der Waals surface area contributed by atoms with E-state index in [1.807, 2.05) is 6.07 Å². The van der Waals surface area contributed by atoms with Crippen molar-refractivity contribution >= 4 is 15.9 Å². The highest BCUT2D eigenvalue weighted by Crippen LogP contribution is 2.38. The van der Waals surface area contributed by atoms with Crippen LogP contribution in [-0.2, 0) is 18.4 Å². The van der Waals surface area contributed by atoms with Gasteiger partial charge in [0, 0.05) is 10.0 Å². The molecule has 1 unspecified atom stereocenters. The summed E-state index contributed by atoms with van der Waals surface area (Å²) in [5.74, 6) is -0.517. The number of fused-ring (bicyclic) bond motifs is 1. The zero-order valence-electron chi connectivity index (χ0n) is 10.8. The van der Waals surface area contributed by atoms with Crippen LogP contribution in [0.3, 0.4) is 0 Å². The lowest BCUT2D eigenvalue weighted by atomic mass is 9.86. The van der Waals surface area contributed by atoms with Gasteiger partial charge in [0.1, 0.15) is 11.6 Å². The molecule has 0 radical (unpaired) electrons. The lowest BCUT2D eigenvalue weighted by molar-refractivity contribution is 0.437. The summed E-state index contributed by atoms with van der Waals surface area (Å²) >= 11 is 3.29. The summed E-state index contributed by atoms with van der Waals surface area (Å²) in [7, 11) is 0. The maximum atomic E-state index is 13.5. The van der Waals surface area contributed by atoms with Gasteiger partial charge in [-0.25, -0.2) is 8.78 Å². The first-order chi connectivity index (χ1) is 9.46. The fourth-order valence-electron chi connectivity index (χ4n) is 3.01. The molecule has 2 aromatic carbocycles. The fourth-order valence-corrected chi connectivity index (χ4v) is 3.52. The minimum Gasteiger partial charge on any atom is -0.321 e. The minimum absolute atomic E-state index is 0.235. The van der Waals surface area contributed by atoms with Crippen LogP contribution in [0.25, 0.3) is 0 Å². The summed E-state index contributed by atoms with van der Waals surface area (Å²) < 4.78 is 27.4.